The van der Waals surface area contributed by atoms with E-state index in [1.165, 1.54) is 12.0 Å². The number of benzene rings is 2. The van der Waals surface area contributed by atoms with Crippen molar-refractivity contribution >= 4 is 17.6 Å². The van der Waals surface area contributed by atoms with Crippen LogP contribution in [0.1, 0.15) is 11.1 Å². The predicted octanol–water partition coefficient (Wildman–Crippen LogP) is 2.25. The number of hydrogen-bond donors (Lipinski definition) is 2. The van der Waals surface area contributed by atoms with E-state index in [-0.39, 0.29) is 36.9 Å². The number of rotatable bonds is 8. The molecule has 0 saturated carbocycles. The molecule has 0 unspecified atom stereocenters. The molecule has 2 aromatic rings. The van der Waals surface area contributed by atoms with E-state index in [1.54, 1.807) is 6.07 Å². The molecule has 1 heterocycles. The summed E-state index contributed by atoms with van der Waals surface area (Å²) in [6.07, 6.45) is 0. The van der Waals surface area contributed by atoms with Gasteiger partial charge in [-0.3, -0.25) is 4.79 Å². The molecule has 0 fully saturated rings. The molecule has 7 nitrogen and oxygen atoms in total. The molecule has 0 aliphatic carbocycles. The number of esters is 1. The molecule has 2 aromatic carbocycles. The van der Waals surface area contributed by atoms with Gasteiger partial charge in [-0.25, -0.2) is 4.79 Å². The molecule has 7 heteroatoms. The lowest BCUT2D eigenvalue weighted by molar-refractivity contribution is -0.136. The van der Waals surface area contributed by atoms with Crippen molar-refractivity contribution in [1.29, 1.82) is 0 Å². The highest BCUT2D eigenvalue weighted by atomic mass is 16.5. The van der Waals surface area contributed by atoms with Crippen molar-refractivity contribution in [2.75, 3.05) is 32.1 Å². The second-order valence-corrected chi connectivity index (χ2v) is 6.67. The van der Waals surface area contributed by atoms with Crippen LogP contribution in [0.3, 0.4) is 0 Å². The van der Waals surface area contributed by atoms with E-state index < -0.39 is 5.97 Å². The molecular weight excluding hydrogens is 372 g/mol. The molecule has 0 bridgehead atoms. The SMILES string of the molecule is COC(=O)C1=C(Nc2ccc(OCc3ccccc3)c(C)c2)C(=O)N(CCO)C1. The molecule has 1 aliphatic heterocycles. The summed E-state index contributed by atoms with van der Waals surface area (Å²) in [7, 11) is 1.27. The first kappa shape index (κ1) is 20.4. The van der Waals surface area contributed by atoms with Crippen LogP contribution in [0.5, 0.6) is 5.75 Å². The van der Waals surface area contributed by atoms with Crippen LogP contribution in [0, 0.1) is 6.92 Å². The van der Waals surface area contributed by atoms with Gasteiger partial charge in [0.05, 0.1) is 25.8 Å². The van der Waals surface area contributed by atoms with E-state index >= 15 is 0 Å². The number of ether oxygens (including phenoxy) is 2. The first-order chi connectivity index (χ1) is 14.0. The Morgan fingerprint density at radius 1 is 1.21 bits per heavy atom. The number of nitrogens with zero attached hydrogens (tertiary/aromatic N) is 1. The van der Waals surface area contributed by atoms with Crippen molar-refractivity contribution in [1.82, 2.24) is 4.90 Å². The van der Waals surface area contributed by atoms with Crippen molar-refractivity contribution in [2.45, 2.75) is 13.5 Å². The zero-order chi connectivity index (χ0) is 20.8. The Bertz CT molecular complexity index is 924. The second-order valence-electron chi connectivity index (χ2n) is 6.67. The fourth-order valence-electron chi connectivity index (χ4n) is 3.12. The van der Waals surface area contributed by atoms with Gasteiger partial charge in [0, 0.05) is 12.2 Å². The van der Waals surface area contributed by atoms with Crippen molar-refractivity contribution in [3.8, 4) is 5.75 Å². The van der Waals surface area contributed by atoms with Gasteiger partial charge in [0.15, 0.2) is 0 Å². The highest BCUT2D eigenvalue weighted by Crippen LogP contribution is 2.27. The van der Waals surface area contributed by atoms with Gasteiger partial charge in [0.2, 0.25) is 0 Å². The Labute approximate surface area is 169 Å². The van der Waals surface area contributed by atoms with Crippen LogP contribution in [0.2, 0.25) is 0 Å². The highest BCUT2D eigenvalue weighted by molar-refractivity contribution is 6.08. The number of nitrogens with one attached hydrogen (secondary N) is 1. The molecule has 29 heavy (non-hydrogen) atoms. The molecule has 0 atom stereocenters. The third-order valence-electron chi connectivity index (χ3n) is 4.63. The smallest absolute Gasteiger partial charge is 0.337 e. The number of methoxy groups -OCH3 is 1. The summed E-state index contributed by atoms with van der Waals surface area (Å²) in [5.41, 5.74) is 3.03. The summed E-state index contributed by atoms with van der Waals surface area (Å²) in [6.45, 7) is 2.44. The van der Waals surface area contributed by atoms with Crippen LogP contribution < -0.4 is 10.1 Å². The van der Waals surface area contributed by atoms with E-state index in [0.29, 0.717) is 12.3 Å². The molecule has 3 rings (SSSR count). The quantitative estimate of drug-likeness (QED) is 0.666. The number of β-amino-alcohol motifs (C(OH)–C–C–N with tert-alkyl or cyclic N) is 1. The lowest BCUT2D eigenvalue weighted by Gasteiger charge is -2.15. The topological polar surface area (TPSA) is 88.1 Å². The van der Waals surface area contributed by atoms with Crippen LogP contribution in [-0.4, -0.2) is 48.7 Å². The van der Waals surface area contributed by atoms with E-state index in [1.807, 2.05) is 49.4 Å². The maximum atomic E-state index is 12.6. The molecule has 1 aliphatic rings. The van der Waals surface area contributed by atoms with Gasteiger partial charge >= 0.3 is 5.97 Å². The number of aliphatic hydroxyl groups is 1. The van der Waals surface area contributed by atoms with Gasteiger partial charge in [-0.05, 0) is 36.2 Å². The molecule has 2 N–H and O–H groups in total. The van der Waals surface area contributed by atoms with Gasteiger partial charge < -0.3 is 24.8 Å². The second kappa shape index (κ2) is 9.25. The van der Waals surface area contributed by atoms with E-state index in [2.05, 4.69) is 5.32 Å². The lowest BCUT2D eigenvalue weighted by atomic mass is 10.1. The molecule has 0 radical (unpaired) electrons. The normalized spacial score (nSPS) is 13.6. The minimum absolute atomic E-state index is 0.103. The Balaban J connectivity index is 1.75. The average molecular weight is 396 g/mol. The number of carbonyl (C=O) groups excluding carboxylic acids is 2. The first-order valence-electron chi connectivity index (χ1n) is 9.29. The van der Waals surface area contributed by atoms with E-state index in [9.17, 15) is 9.59 Å². The van der Waals surface area contributed by atoms with Gasteiger partial charge in [0.1, 0.15) is 18.1 Å². The summed E-state index contributed by atoms with van der Waals surface area (Å²) in [4.78, 5) is 26.1. The molecule has 1 amide bonds. The summed E-state index contributed by atoms with van der Waals surface area (Å²) < 4.78 is 10.7. The minimum atomic E-state index is -0.569. The van der Waals surface area contributed by atoms with Crippen molar-refractivity contribution < 1.29 is 24.2 Å². The molecule has 0 aromatic heterocycles. The van der Waals surface area contributed by atoms with E-state index in [0.717, 1.165) is 16.9 Å². The standard InChI is InChI=1S/C22H24N2O5/c1-15-12-17(8-9-19(15)29-14-16-6-4-3-5-7-16)23-20-18(22(27)28-2)13-24(10-11-25)21(20)26/h3-9,12,23,25H,10-11,13-14H2,1-2H3. The van der Waals surface area contributed by atoms with Crippen LogP contribution in [0.25, 0.3) is 0 Å². The van der Waals surface area contributed by atoms with Crippen LogP contribution in [0.15, 0.2) is 59.8 Å². The maximum absolute atomic E-state index is 12.6. The summed E-state index contributed by atoms with van der Waals surface area (Å²) in [6, 6.07) is 15.3. The Morgan fingerprint density at radius 2 is 1.97 bits per heavy atom. The largest absolute Gasteiger partial charge is 0.489 e. The van der Waals surface area contributed by atoms with Crippen LogP contribution in [-0.2, 0) is 20.9 Å². The monoisotopic (exact) mass is 396 g/mol. The van der Waals surface area contributed by atoms with Gasteiger partial charge in [-0.1, -0.05) is 30.3 Å². The zero-order valence-electron chi connectivity index (χ0n) is 16.5. The molecule has 0 spiro atoms. The van der Waals surface area contributed by atoms with Gasteiger partial charge in [0.25, 0.3) is 5.91 Å². The minimum Gasteiger partial charge on any atom is -0.489 e. The number of carbonyl (C=O) groups is 2. The Morgan fingerprint density at radius 3 is 2.62 bits per heavy atom. The molecular formula is C22H24N2O5. The Hall–Kier alpha value is -3.32. The van der Waals surface area contributed by atoms with Crippen LogP contribution >= 0.6 is 0 Å². The molecule has 152 valence electrons. The summed E-state index contributed by atoms with van der Waals surface area (Å²) in [5.74, 6) is -0.177. The maximum Gasteiger partial charge on any atom is 0.337 e. The van der Waals surface area contributed by atoms with Crippen LogP contribution in [0.4, 0.5) is 5.69 Å². The number of hydrogen-bond acceptors (Lipinski definition) is 6. The van der Waals surface area contributed by atoms with Crippen molar-refractivity contribution in [2.24, 2.45) is 0 Å². The zero-order valence-corrected chi connectivity index (χ0v) is 16.5. The Kier molecular flexibility index (Phi) is 6.51. The number of aliphatic hydroxyl groups excluding tert-OH is 1. The summed E-state index contributed by atoms with van der Waals surface area (Å²) >= 11 is 0. The number of anilines is 1. The summed E-state index contributed by atoms with van der Waals surface area (Å²) in [5, 5.41) is 12.2. The number of amides is 1. The van der Waals surface area contributed by atoms with E-state index in [4.69, 9.17) is 14.6 Å². The van der Waals surface area contributed by atoms with Gasteiger partial charge in [-0.2, -0.15) is 0 Å². The fourth-order valence-corrected chi connectivity index (χ4v) is 3.12. The number of aryl methyl sites for hydroxylation is 1. The van der Waals surface area contributed by atoms with Crippen molar-refractivity contribution in [3.63, 3.8) is 0 Å². The van der Waals surface area contributed by atoms with Crippen molar-refractivity contribution in [3.05, 3.63) is 70.9 Å². The van der Waals surface area contributed by atoms with Gasteiger partial charge in [-0.15, -0.1) is 0 Å². The average Bonchev–Trinajstić information content (AvgIpc) is 3.03. The predicted molar refractivity (Wildman–Crippen MR) is 108 cm³/mol. The molecule has 0 saturated heterocycles. The third kappa shape index (κ3) is 4.75. The third-order valence-corrected chi connectivity index (χ3v) is 4.63. The fraction of sp³-hybridized carbons (Fsp3) is 0.273. The first-order valence-corrected chi connectivity index (χ1v) is 9.29. The highest BCUT2D eigenvalue weighted by Gasteiger charge is 2.34. The lowest BCUT2D eigenvalue weighted by Crippen LogP contribution is -2.31.